The summed E-state index contributed by atoms with van der Waals surface area (Å²) in [4.78, 5) is 35.0. The van der Waals surface area contributed by atoms with E-state index in [1.54, 1.807) is 0 Å². The fourth-order valence-electron chi connectivity index (χ4n) is 2.60. The minimum absolute atomic E-state index is 0.253. The minimum atomic E-state index is -0.639. The van der Waals surface area contributed by atoms with Crippen LogP contribution >= 0.6 is 0 Å². The molecule has 3 amide bonds. The molecule has 1 saturated heterocycles. The van der Waals surface area contributed by atoms with Crippen LogP contribution < -0.4 is 10.6 Å². The lowest BCUT2D eigenvalue weighted by molar-refractivity contribution is -0.134. The Labute approximate surface area is 117 Å². The zero-order chi connectivity index (χ0) is 14.9. The van der Waals surface area contributed by atoms with Crippen molar-refractivity contribution >= 4 is 17.7 Å². The number of benzene rings is 1. The molecule has 0 bridgehead atoms. The van der Waals surface area contributed by atoms with E-state index in [1.165, 1.54) is 0 Å². The summed E-state index contributed by atoms with van der Waals surface area (Å²) in [6.45, 7) is 5.72. The van der Waals surface area contributed by atoms with Crippen molar-refractivity contribution in [2.45, 2.75) is 39.7 Å². The third-order valence-electron chi connectivity index (χ3n) is 3.45. The first-order valence-electron chi connectivity index (χ1n) is 6.61. The van der Waals surface area contributed by atoms with E-state index >= 15 is 0 Å². The second-order valence-electron chi connectivity index (χ2n) is 5.25. The van der Waals surface area contributed by atoms with Gasteiger partial charge in [0.25, 0.3) is 5.91 Å². The number of piperidine rings is 1. The predicted octanol–water partition coefficient (Wildman–Crippen LogP) is 1.15. The summed E-state index contributed by atoms with van der Waals surface area (Å²) >= 11 is 0. The van der Waals surface area contributed by atoms with Crippen molar-refractivity contribution in [2.75, 3.05) is 0 Å². The van der Waals surface area contributed by atoms with Gasteiger partial charge in [0, 0.05) is 12.0 Å². The van der Waals surface area contributed by atoms with Crippen LogP contribution in [0.25, 0.3) is 0 Å². The first kappa shape index (κ1) is 14.2. The fraction of sp³-hybridized carbons (Fsp3) is 0.400. The molecule has 1 aliphatic rings. The van der Waals surface area contributed by atoms with Crippen LogP contribution in [0, 0.1) is 20.8 Å². The molecule has 5 heteroatoms. The Morgan fingerprint density at radius 2 is 1.80 bits per heavy atom. The second-order valence-corrected chi connectivity index (χ2v) is 5.25. The molecule has 1 fully saturated rings. The summed E-state index contributed by atoms with van der Waals surface area (Å²) in [5.74, 6) is -0.991. The average molecular weight is 274 g/mol. The molecule has 1 aromatic carbocycles. The third kappa shape index (κ3) is 2.87. The van der Waals surface area contributed by atoms with Gasteiger partial charge in [-0.05, 0) is 38.3 Å². The standard InChI is InChI=1S/C15H18N2O3/c1-8-6-9(2)13(10(3)7-8)15(20)16-11-4-5-12(18)17-14(11)19/h6-7,11H,4-5H2,1-3H3,(H,16,20)(H,17,18,19). The van der Waals surface area contributed by atoms with E-state index in [-0.39, 0.29) is 18.2 Å². The number of nitrogens with one attached hydrogen (secondary N) is 2. The highest BCUT2D eigenvalue weighted by atomic mass is 16.2. The fourth-order valence-corrected chi connectivity index (χ4v) is 2.60. The van der Waals surface area contributed by atoms with Crippen molar-refractivity contribution in [1.82, 2.24) is 10.6 Å². The number of hydrogen-bond donors (Lipinski definition) is 2. The zero-order valence-electron chi connectivity index (χ0n) is 11.9. The summed E-state index contributed by atoms with van der Waals surface area (Å²) in [6.07, 6.45) is 0.600. The number of carbonyl (C=O) groups excluding carboxylic acids is 3. The highest BCUT2D eigenvalue weighted by molar-refractivity contribution is 6.04. The molecule has 0 aliphatic carbocycles. The molecular formula is C15H18N2O3. The SMILES string of the molecule is Cc1cc(C)c(C(=O)NC2CCC(=O)NC2=O)c(C)c1. The van der Waals surface area contributed by atoms with Gasteiger partial charge in [-0.15, -0.1) is 0 Å². The highest BCUT2D eigenvalue weighted by Gasteiger charge is 2.28. The van der Waals surface area contributed by atoms with E-state index in [9.17, 15) is 14.4 Å². The molecule has 1 atom stereocenters. The van der Waals surface area contributed by atoms with Crippen LogP contribution in [0.3, 0.4) is 0 Å². The largest absolute Gasteiger partial charge is 0.340 e. The number of rotatable bonds is 2. The van der Waals surface area contributed by atoms with Gasteiger partial charge < -0.3 is 5.32 Å². The molecule has 5 nitrogen and oxygen atoms in total. The lowest BCUT2D eigenvalue weighted by Gasteiger charge is -2.22. The summed E-state index contributed by atoms with van der Waals surface area (Å²) in [6, 6.07) is 3.24. The van der Waals surface area contributed by atoms with Crippen LogP contribution in [0.15, 0.2) is 12.1 Å². The van der Waals surface area contributed by atoms with Gasteiger partial charge in [0.15, 0.2) is 0 Å². The molecular weight excluding hydrogens is 256 g/mol. The highest BCUT2D eigenvalue weighted by Crippen LogP contribution is 2.17. The Morgan fingerprint density at radius 1 is 1.20 bits per heavy atom. The first-order valence-corrected chi connectivity index (χ1v) is 6.61. The lowest BCUT2D eigenvalue weighted by Crippen LogP contribution is -2.52. The average Bonchev–Trinajstić information content (AvgIpc) is 2.31. The Morgan fingerprint density at radius 3 is 2.35 bits per heavy atom. The monoisotopic (exact) mass is 274 g/mol. The van der Waals surface area contributed by atoms with Gasteiger partial charge in [-0.1, -0.05) is 17.7 Å². The van der Waals surface area contributed by atoms with E-state index in [0.717, 1.165) is 16.7 Å². The zero-order valence-corrected chi connectivity index (χ0v) is 11.9. The van der Waals surface area contributed by atoms with Crippen molar-refractivity contribution in [1.29, 1.82) is 0 Å². The van der Waals surface area contributed by atoms with Crippen molar-refractivity contribution in [3.05, 3.63) is 34.4 Å². The summed E-state index contributed by atoms with van der Waals surface area (Å²) in [5, 5.41) is 4.94. The van der Waals surface area contributed by atoms with E-state index in [1.807, 2.05) is 32.9 Å². The van der Waals surface area contributed by atoms with Gasteiger partial charge in [0.1, 0.15) is 6.04 Å². The summed E-state index contributed by atoms with van der Waals surface area (Å²) < 4.78 is 0. The quantitative estimate of drug-likeness (QED) is 0.794. The van der Waals surface area contributed by atoms with Gasteiger partial charge in [-0.3, -0.25) is 19.7 Å². The van der Waals surface area contributed by atoms with Crippen LogP contribution in [0.4, 0.5) is 0 Å². The van der Waals surface area contributed by atoms with Crippen molar-refractivity contribution in [2.24, 2.45) is 0 Å². The Kier molecular flexibility index (Phi) is 3.88. The second kappa shape index (κ2) is 5.45. The topological polar surface area (TPSA) is 75.3 Å². The van der Waals surface area contributed by atoms with Crippen molar-refractivity contribution in [3.8, 4) is 0 Å². The van der Waals surface area contributed by atoms with Gasteiger partial charge in [0.05, 0.1) is 0 Å². The molecule has 20 heavy (non-hydrogen) atoms. The molecule has 0 radical (unpaired) electrons. The number of hydrogen-bond acceptors (Lipinski definition) is 3. The van der Waals surface area contributed by atoms with E-state index in [0.29, 0.717) is 12.0 Å². The Balaban J connectivity index is 2.17. The van der Waals surface area contributed by atoms with E-state index < -0.39 is 11.9 Å². The molecule has 1 heterocycles. The molecule has 0 spiro atoms. The molecule has 106 valence electrons. The smallest absolute Gasteiger partial charge is 0.252 e. The molecule has 2 N–H and O–H groups in total. The van der Waals surface area contributed by atoms with Gasteiger partial charge in [-0.2, -0.15) is 0 Å². The minimum Gasteiger partial charge on any atom is -0.340 e. The maximum atomic E-state index is 12.3. The van der Waals surface area contributed by atoms with Gasteiger partial charge in [0.2, 0.25) is 11.8 Å². The van der Waals surface area contributed by atoms with Crippen molar-refractivity contribution < 1.29 is 14.4 Å². The number of amides is 3. The number of aryl methyl sites for hydroxylation is 3. The molecule has 0 saturated carbocycles. The summed E-state index contributed by atoms with van der Waals surface area (Å²) in [5.41, 5.74) is 3.46. The van der Waals surface area contributed by atoms with Gasteiger partial charge in [-0.25, -0.2) is 0 Å². The molecule has 0 aromatic heterocycles. The van der Waals surface area contributed by atoms with E-state index in [2.05, 4.69) is 10.6 Å². The number of carbonyl (C=O) groups is 3. The first-order chi connectivity index (χ1) is 9.38. The van der Waals surface area contributed by atoms with Crippen LogP contribution in [0.5, 0.6) is 0 Å². The molecule has 2 rings (SSSR count). The maximum absolute atomic E-state index is 12.3. The van der Waals surface area contributed by atoms with Crippen molar-refractivity contribution in [3.63, 3.8) is 0 Å². The van der Waals surface area contributed by atoms with Crippen LogP contribution in [-0.4, -0.2) is 23.8 Å². The normalized spacial score (nSPS) is 18.6. The predicted molar refractivity (Wildman–Crippen MR) is 74.3 cm³/mol. The van der Waals surface area contributed by atoms with Crippen LogP contribution in [-0.2, 0) is 9.59 Å². The van der Waals surface area contributed by atoms with Crippen LogP contribution in [0.1, 0.15) is 39.9 Å². The van der Waals surface area contributed by atoms with Gasteiger partial charge >= 0.3 is 0 Å². The number of imide groups is 1. The molecule has 1 aromatic rings. The van der Waals surface area contributed by atoms with Crippen LogP contribution in [0.2, 0.25) is 0 Å². The maximum Gasteiger partial charge on any atom is 0.252 e. The van der Waals surface area contributed by atoms with E-state index in [4.69, 9.17) is 0 Å². The summed E-state index contributed by atoms with van der Waals surface area (Å²) in [7, 11) is 0. The molecule has 1 aliphatic heterocycles. The Bertz CT molecular complexity index is 570. The lowest BCUT2D eigenvalue weighted by atomic mass is 9.98. The third-order valence-corrected chi connectivity index (χ3v) is 3.45. The Hall–Kier alpha value is -2.17. The molecule has 1 unspecified atom stereocenters.